The second-order valence-electron chi connectivity index (χ2n) is 7.34. The first-order valence-electron chi connectivity index (χ1n) is 9.54. The summed E-state index contributed by atoms with van der Waals surface area (Å²) in [5, 5.41) is 9.73. The summed E-state index contributed by atoms with van der Waals surface area (Å²) in [5.74, 6) is 0.216. The molecule has 0 bridgehead atoms. The summed E-state index contributed by atoms with van der Waals surface area (Å²) in [6.07, 6.45) is 0. The van der Waals surface area contributed by atoms with Gasteiger partial charge >= 0.3 is 0 Å². The van der Waals surface area contributed by atoms with Gasteiger partial charge in [0.05, 0.1) is 0 Å². The van der Waals surface area contributed by atoms with Crippen molar-refractivity contribution < 1.29 is 9.18 Å². The van der Waals surface area contributed by atoms with E-state index in [0.29, 0.717) is 36.2 Å². The van der Waals surface area contributed by atoms with E-state index in [0.717, 1.165) is 11.1 Å². The summed E-state index contributed by atoms with van der Waals surface area (Å²) >= 11 is 6.22. The number of carbonyl (C=O) groups excluding carboxylic acids is 1. The van der Waals surface area contributed by atoms with Crippen molar-refractivity contribution in [2.45, 2.75) is 32.7 Å². The largest absolute Gasteiger partial charge is 0.356 e. The minimum absolute atomic E-state index is 0. The Labute approximate surface area is 199 Å². The van der Waals surface area contributed by atoms with Crippen LogP contribution >= 0.6 is 35.6 Å². The van der Waals surface area contributed by atoms with Crippen LogP contribution in [0.3, 0.4) is 0 Å². The molecule has 2 rings (SSSR count). The third-order valence-corrected chi connectivity index (χ3v) is 4.91. The Bertz CT molecular complexity index is 872. The minimum atomic E-state index is -0.349. The Hall–Kier alpha value is -1.87. The molecule has 1 amide bonds. The summed E-state index contributed by atoms with van der Waals surface area (Å²) < 4.78 is 13.3. The molecule has 0 aliphatic heterocycles. The minimum Gasteiger partial charge on any atom is -0.356 e. The number of amides is 1. The van der Waals surface area contributed by atoms with E-state index in [4.69, 9.17) is 11.6 Å². The maximum Gasteiger partial charge on any atom is 0.251 e. The number of benzene rings is 2. The SMILES string of the molecule is CCNC(=O)c1ccc(CNC(=NC)NCC(C)(C)c2ccc(F)cc2Cl)cc1.I. The van der Waals surface area contributed by atoms with Gasteiger partial charge in [-0.05, 0) is 42.3 Å². The molecule has 5 nitrogen and oxygen atoms in total. The smallest absolute Gasteiger partial charge is 0.251 e. The van der Waals surface area contributed by atoms with E-state index in [9.17, 15) is 9.18 Å². The van der Waals surface area contributed by atoms with Gasteiger partial charge in [-0.25, -0.2) is 4.39 Å². The Morgan fingerprint density at radius 3 is 2.33 bits per heavy atom. The average molecular weight is 547 g/mol. The molecule has 0 aliphatic rings. The lowest BCUT2D eigenvalue weighted by Crippen LogP contribution is -2.43. The van der Waals surface area contributed by atoms with Crippen molar-refractivity contribution in [1.29, 1.82) is 0 Å². The van der Waals surface area contributed by atoms with Crippen molar-refractivity contribution in [3.63, 3.8) is 0 Å². The molecule has 0 saturated carbocycles. The van der Waals surface area contributed by atoms with Crippen LogP contribution in [0.4, 0.5) is 4.39 Å². The summed E-state index contributed by atoms with van der Waals surface area (Å²) in [4.78, 5) is 16.1. The molecule has 164 valence electrons. The van der Waals surface area contributed by atoms with Crippen LogP contribution in [0.1, 0.15) is 42.3 Å². The molecule has 2 aromatic carbocycles. The van der Waals surface area contributed by atoms with Crippen molar-refractivity contribution >= 4 is 47.4 Å². The molecule has 30 heavy (non-hydrogen) atoms. The van der Waals surface area contributed by atoms with Crippen molar-refractivity contribution in [3.05, 3.63) is 70.0 Å². The highest BCUT2D eigenvalue weighted by Crippen LogP contribution is 2.29. The molecule has 0 fully saturated rings. The zero-order chi connectivity index (χ0) is 21.4. The van der Waals surface area contributed by atoms with Crippen LogP contribution < -0.4 is 16.0 Å². The van der Waals surface area contributed by atoms with Gasteiger partial charge in [0.1, 0.15) is 5.82 Å². The second kappa shape index (κ2) is 12.1. The molecule has 0 unspecified atom stereocenters. The molecule has 0 saturated heterocycles. The van der Waals surface area contributed by atoms with E-state index in [1.807, 2.05) is 32.9 Å². The van der Waals surface area contributed by atoms with Gasteiger partial charge in [-0.15, -0.1) is 24.0 Å². The topological polar surface area (TPSA) is 65.5 Å². The molecule has 0 spiro atoms. The van der Waals surface area contributed by atoms with E-state index >= 15 is 0 Å². The average Bonchev–Trinajstić information content (AvgIpc) is 2.68. The highest BCUT2D eigenvalue weighted by atomic mass is 127. The Morgan fingerprint density at radius 2 is 1.77 bits per heavy atom. The van der Waals surface area contributed by atoms with Crippen LogP contribution in [0.15, 0.2) is 47.5 Å². The molecular formula is C22H29ClFIN4O. The van der Waals surface area contributed by atoms with Gasteiger partial charge in [0.15, 0.2) is 5.96 Å². The zero-order valence-corrected chi connectivity index (χ0v) is 20.8. The zero-order valence-electron chi connectivity index (χ0n) is 17.7. The molecule has 0 heterocycles. The molecule has 2 aromatic rings. The maximum absolute atomic E-state index is 13.3. The number of carbonyl (C=O) groups is 1. The fraction of sp³-hybridized carbons (Fsp3) is 0.364. The molecule has 0 atom stereocenters. The van der Waals surface area contributed by atoms with E-state index in [1.54, 1.807) is 25.2 Å². The number of nitrogens with one attached hydrogen (secondary N) is 3. The second-order valence-corrected chi connectivity index (χ2v) is 7.75. The van der Waals surface area contributed by atoms with Crippen molar-refractivity contribution in [2.75, 3.05) is 20.1 Å². The van der Waals surface area contributed by atoms with Crippen LogP contribution in [0.5, 0.6) is 0 Å². The van der Waals surface area contributed by atoms with Crippen molar-refractivity contribution in [3.8, 4) is 0 Å². The first-order chi connectivity index (χ1) is 13.8. The summed E-state index contributed by atoms with van der Waals surface area (Å²) in [6.45, 7) is 7.68. The third kappa shape index (κ3) is 7.43. The van der Waals surface area contributed by atoms with E-state index in [-0.39, 0.29) is 41.1 Å². The number of aliphatic imine (C=N–C) groups is 1. The van der Waals surface area contributed by atoms with Crippen molar-refractivity contribution in [1.82, 2.24) is 16.0 Å². The first-order valence-corrected chi connectivity index (χ1v) is 9.92. The number of rotatable bonds is 7. The number of nitrogens with zero attached hydrogens (tertiary/aromatic N) is 1. The number of guanidine groups is 1. The molecule has 0 aliphatic carbocycles. The molecule has 0 aromatic heterocycles. The van der Waals surface area contributed by atoms with Gasteiger partial charge < -0.3 is 16.0 Å². The van der Waals surface area contributed by atoms with Crippen LogP contribution in [0.2, 0.25) is 5.02 Å². The van der Waals surface area contributed by atoms with Crippen LogP contribution in [0, 0.1) is 5.82 Å². The predicted molar refractivity (Wildman–Crippen MR) is 133 cm³/mol. The van der Waals surface area contributed by atoms with Gasteiger partial charge in [-0.3, -0.25) is 9.79 Å². The Balaban J connectivity index is 0.00000450. The number of hydrogen-bond donors (Lipinski definition) is 3. The number of halogens is 3. The van der Waals surface area contributed by atoms with Crippen molar-refractivity contribution in [2.24, 2.45) is 4.99 Å². The lowest BCUT2D eigenvalue weighted by atomic mass is 9.84. The quantitative estimate of drug-likeness (QED) is 0.272. The summed E-state index contributed by atoms with van der Waals surface area (Å²) in [6, 6.07) is 11.9. The normalized spacial score (nSPS) is 11.5. The monoisotopic (exact) mass is 546 g/mol. The van der Waals surface area contributed by atoms with Gasteiger partial charge in [0, 0.05) is 42.7 Å². The molecule has 3 N–H and O–H groups in total. The predicted octanol–water partition coefficient (Wildman–Crippen LogP) is 4.49. The highest BCUT2D eigenvalue weighted by molar-refractivity contribution is 14.0. The third-order valence-electron chi connectivity index (χ3n) is 4.60. The standard InChI is InChI=1S/C22H28ClFN4O.HI/c1-5-26-20(29)16-8-6-15(7-9-16)13-27-21(25-4)28-14-22(2,3)18-11-10-17(24)12-19(18)23;/h6-12H,5,13-14H2,1-4H3,(H,26,29)(H2,25,27,28);1H. The van der Waals surface area contributed by atoms with E-state index < -0.39 is 0 Å². The Morgan fingerprint density at radius 1 is 1.10 bits per heavy atom. The lowest BCUT2D eigenvalue weighted by molar-refractivity contribution is 0.0956. The summed E-state index contributed by atoms with van der Waals surface area (Å²) in [7, 11) is 1.70. The van der Waals surface area contributed by atoms with Gasteiger partial charge in [-0.1, -0.05) is 43.6 Å². The molecule has 8 heteroatoms. The maximum atomic E-state index is 13.3. The number of hydrogen-bond acceptors (Lipinski definition) is 2. The summed E-state index contributed by atoms with van der Waals surface area (Å²) in [5.41, 5.74) is 2.21. The van der Waals surface area contributed by atoms with Gasteiger partial charge in [0.25, 0.3) is 5.91 Å². The first kappa shape index (κ1) is 26.2. The molecule has 0 radical (unpaired) electrons. The van der Waals surface area contributed by atoms with Gasteiger partial charge in [-0.2, -0.15) is 0 Å². The van der Waals surface area contributed by atoms with Crippen LogP contribution in [0.25, 0.3) is 0 Å². The van der Waals surface area contributed by atoms with Crippen LogP contribution in [-0.4, -0.2) is 32.0 Å². The van der Waals surface area contributed by atoms with E-state index in [2.05, 4.69) is 20.9 Å². The van der Waals surface area contributed by atoms with E-state index in [1.165, 1.54) is 12.1 Å². The fourth-order valence-electron chi connectivity index (χ4n) is 2.88. The highest BCUT2D eigenvalue weighted by Gasteiger charge is 2.24. The molecular weight excluding hydrogens is 518 g/mol. The van der Waals surface area contributed by atoms with Crippen LogP contribution in [-0.2, 0) is 12.0 Å². The fourth-order valence-corrected chi connectivity index (χ4v) is 3.30. The Kier molecular flexibility index (Phi) is 10.6. The lowest BCUT2D eigenvalue weighted by Gasteiger charge is -2.27. The van der Waals surface area contributed by atoms with Gasteiger partial charge in [0.2, 0.25) is 0 Å².